The number of rotatable bonds is 7. The van der Waals surface area contributed by atoms with E-state index in [9.17, 15) is 13.2 Å². The maximum absolute atomic E-state index is 12.5. The number of amides is 1. The minimum absolute atomic E-state index is 0.0642. The molecule has 0 unspecified atom stereocenters. The minimum Gasteiger partial charge on any atom is -0.372 e. The van der Waals surface area contributed by atoms with E-state index < -0.39 is 10.0 Å². The van der Waals surface area contributed by atoms with Gasteiger partial charge in [-0.05, 0) is 68.8 Å². The van der Waals surface area contributed by atoms with E-state index in [0.29, 0.717) is 0 Å². The van der Waals surface area contributed by atoms with Crippen molar-refractivity contribution in [2.75, 3.05) is 36.9 Å². The summed E-state index contributed by atoms with van der Waals surface area (Å²) in [4.78, 5) is 16.9. The Balaban J connectivity index is 1.54. The van der Waals surface area contributed by atoms with E-state index in [1.807, 2.05) is 31.0 Å². The van der Waals surface area contributed by atoms with Gasteiger partial charge < -0.3 is 10.2 Å². The van der Waals surface area contributed by atoms with E-state index >= 15 is 0 Å². The average molecular weight is 445 g/mol. The highest BCUT2D eigenvalue weighted by Crippen LogP contribution is 2.23. The third-order valence-corrected chi connectivity index (χ3v) is 6.80. The molecule has 8 heteroatoms. The summed E-state index contributed by atoms with van der Waals surface area (Å²) in [6, 6.07) is 14.4. The number of carbonyl (C=O) groups is 1. The molecule has 1 aliphatic rings. The fourth-order valence-corrected chi connectivity index (χ4v) is 4.35. The number of sulfonamides is 1. The second kappa shape index (κ2) is 10.3. The lowest BCUT2D eigenvalue weighted by atomic mass is 10.1. The number of nitrogens with one attached hydrogen (secondary N) is 1. The number of carbonyl (C=O) groups excluding carboxylic acids is 1. The van der Waals surface area contributed by atoms with Crippen LogP contribution in [0.3, 0.4) is 0 Å². The molecule has 1 aliphatic heterocycles. The highest BCUT2D eigenvalue weighted by atomic mass is 32.2. The Labute approximate surface area is 185 Å². The van der Waals surface area contributed by atoms with E-state index in [2.05, 4.69) is 22.3 Å². The van der Waals surface area contributed by atoms with Crippen molar-refractivity contribution in [1.29, 1.82) is 0 Å². The Bertz CT molecular complexity index is 967. The average Bonchev–Trinajstić information content (AvgIpc) is 3.02. The van der Waals surface area contributed by atoms with Crippen LogP contribution in [0.15, 0.2) is 53.4 Å². The first-order valence-corrected chi connectivity index (χ1v) is 12.3. The molecule has 3 N–H and O–H groups in total. The van der Waals surface area contributed by atoms with Crippen LogP contribution in [-0.2, 0) is 14.8 Å². The summed E-state index contributed by atoms with van der Waals surface area (Å²) in [5, 5.41) is 8.10. The molecular formula is C23H32N4O3S. The predicted molar refractivity (Wildman–Crippen MR) is 125 cm³/mol. The molecule has 1 heterocycles. The van der Waals surface area contributed by atoms with Gasteiger partial charge in [-0.15, -0.1) is 0 Å². The zero-order valence-corrected chi connectivity index (χ0v) is 19.1. The van der Waals surface area contributed by atoms with Crippen LogP contribution in [0.25, 0.3) is 0 Å². The summed E-state index contributed by atoms with van der Waals surface area (Å²) in [5.41, 5.74) is 2.89. The predicted octanol–water partition coefficient (Wildman–Crippen LogP) is 3.35. The van der Waals surface area contributed by atoms with Gasteiger partial charge in [0.15, 0.2) is 0 Å². The summed E-state index contributed by atoms with van der Waals surface area (Å²) in [6.45, 7) is 4.36. The van der Waals surface area contributed by atoms with Crippen LogP contribution >= 0.6 is 0 Å². The number of benzene rings is 2. The quantitative estimate of drug-likeness (QED) is 0.683. The van der Waals surface area contributed by atoms with Crippen molar-refractivity contribution in [3.05, 3.63) is 54.1 Å². The molecule has 1 fully saturated rings. The molecule has 0 spiro atoms. The highest BCUT2D eigenvalue weighted by Gasteiger charge is 2.17. The molecule has 31 heavy (non-hydrogen) atoms. The summed E-state index contributed by atoms with van der Waals surface area (Å²) in [5.74, 6) is -0.0990. The monoisotopic (exact) mass is 444 g/mol. The van der Waals surface area contributed by atoms with E-state index in [1.54, 1.807) is 12.1 Å². The van der Waals surface area contributed by atoms with E-state index in [0.717, 1.165) is 24.3 Å². The van der Waals surface area contributed by atoms with Gasteiger partial charge >= 0.3 is 0 Å². The molecule has 3 rings (SSSR count). The van der Waals surface area contributed by atoms with Gasteiger partial charge in [0.1, 0.15) is 0 Å². The van der Waals surface area contributed by atoms with Crippen LogP contribution in [0.1, 0.15) is 44.2 Å². The number of nitrogens with two attached hydrogens (primary N) is 1. The summed E-state index contributed by atoms with van der Waals surface area (Å²) < 4.78 is 22.8. The maximum Gasteiger partial charge on any atom is 0.238 e. The maximum atomic E-state index is 12.5. The van der Waals surface area contributed by atoms with Crippen molar-refractivity contribution >= 4 is 27.3 Å². The van der Waals surface area contributed by atoms with Gasteiger partial charge in [0.05, 0.1) is 11.4 Å². The topological polar surface area (TPSA) is 95.7 Å². The Morgan fingerprint density at radius 1 is 1.03 bits per heavy atom. The molecule has 2 aromatic carbocycles. The van der Waals surface area contributed by atoms with Gasteiger partial charge in [0, 0.05) is 30.5 Å². The molecule has 0 aromatic heterocycles. The van der Waals surface area contributed by atoms with Gasteiger partial charge in [-0.1, -0.05) is 25.0 Å². The van der Waals surface area contributed by atoms with Crippen molar-refractivity contribution in [1.82, 2.24) is 4.90 Å². The number of primary sulfonamides is 1. The van der Waals surface area contributed by atoms with Crippen LogP contribution in [0.5, 0.6) is 0 Å². The molecule has 1 amide bonds. The first-order chi connectivity index (χ1) is 14.7. The van der Waals surface area contributed by atoms with Crippen molar-refractivity contribution in [2.45, 2.75) is 43.5 Å². The third-order valence-electron chi connectivity index (χ3n) is 5.87. The first kappa shape index (κ1) is 23.2. The normalized spacial score (nSPS) is 16.1. The van der Waals surface area contributed by atoms with Crippen molar-refractivity contribution in [3.63, 3.8) is 0 Å². The number of hydrogen-bond donors (Lipinski definition) is 2. The minimum atomic E-state index is -3.71. The smallest absolute Gasteiger partial charge is 0.238 e. The van der Waals surface area contributed by atoms with E-state index in [4.69, 9.17) is 5.14 Å². The molecule has 0 saturated carbocycles. The lowest BCUT2D eigenvalue weighted by Gasteiger charge is -2.25. The lowest BCUT2D eigenvalue weighted by Crippen LogP contribution is -2.32. The van der Waals surface area contributed by atoms with Gasteiger partial charge in [-0.25, -0.2) is 13.6 Å². The molecule has 0 aliphatic carbocycles. The summed E-state index contributed by atoms with van der Waals surface area (Å²) in [6.07, 6.45) is 5.06. The van der Waals surface area contributed by atoms with Crippen LogP contribution in [0.2, 0.25) is 0 Å². The van der Waals surface area contributed by atoms with Gasteiger partial charge in [-0.2, -0.15) is 0 Å². The second-order valence-electron chi connectivity index (χ2n) is 8.20. The second-order valence-corrected chi connectivity index (χ2v) is 9.76. The van der Waals surface area contributed by atoms with Crippen LogP contribution in [-0.4, -0.2) is 45.9 Å². The Morgan fingerprint density at radius 3 is 2.16 bits per heavy atom. The molecule has 1 atom stereocenters. The number of anilines is 2. The Hall–Kier alpha value is -2.42. The standard InChI is InChI=1S/C23H32N4O3S/c1-18(19-7-13-22(14-8-19)31(24,29)30)26(2)17-23(28)25-20-9-11-21(12-10-20)27-15-5-3-4-6-16-27/h7-14,18H,3-6,15-17H2,1-2H3,(H,25,28)(H2,24,29,30)/t18-/m0/s1. The number of hydrogen-bond acceptors (Lipinski definition) is 5. The largest absolute Gasteiger partial charge is 0.372 e. The first-order valence-electron chi connectivity index (χ1n) is 10.7. The van der Waals surface area contributed by atoms with Gasteiger partial charge in [-0.3, -0.25) is 9.69 Å². The SMILES string of the molecule is C[C@@H](c1ccc(S(N)(=O)=O)cc1)N(C)CC(=O)Nc1ccc(N2CCCCCC2)cc1. The molecule has 168 valence electrons. The van der Waals surface area contributed by atoms with Crippen molar-refractivity contribution < 1.29 is 13.2 Å². The lowest BCUT2D eigenvalue weighted by molar-refractivity contribution is -0.117. The summed E-state index contributed by atoms with van der Waals surface area (Å²) in [7, 11) is -1.85. The fourth-order valence-electron chi connectivity index (χ4n) is 3.84. The van der Waals surface area contributed by atoms with E-state index in [1.165, 1.54) is 43.5 Å². The molecule has 7 nitrogen and oxygen atoms in total. The number of nitrogens with zero attached hydrogens (tertiary/aromatic N) is 2. The summed E-state index contributed by atoms with van der Waals surface area (Å²) >= 11 is 0. The van der Waals surface area contributed by atoms with Gasteiger partial charge in [0.2, 0.25) is 15.9 Å². The molecule has 1 saturated heterocycles. The molecule has 2 aromatic rings. The van der Waals surface area contributed by atoms with Crippen molar-refractivity contribution in [3.8, 4) is 0 Å². The fraction of sp³-hybridized carbons (Fsp3) is 0.435. The van der Waals surface area contributed by atoms with Crippen molar-refractivity contribution in [2.24, 2.45) is 5.14 Å². The molecular weight excluding hydrogens is 412 g/mol. The Morgan fingerprint density at radius 2 is 1.61 bits per heavy atom. The van der Waals surface area contributed by atoms with Crippen LogP contribution in [0, 0.1) is 0 Å². The van der Waals surface area contributed by atoms with E-state index in [-0.39, 0.29) is 23.4 Å². The van der Waals surface area contributed by atoms with Gasteiger partial charge in [0.25, 0.3) is 0 Å². The Kier molecular flexibility index (Phi) is 7.69. The van der Waals surface area contributed by atoms with Crippen LogP contribution < -0.4 is 15.4 Å². The highest BCUT2D eigenvalue weighted by molar-refractivity contribution is 7.89. The van der Waals surface area contributed by atoms with Crippen LogP contribution in [0.4, 0.5) is 11.4 Å². The molecule has 0 bridgehead atoms. The third kappa shape index (κ3) is 6.53. The molecule has 0 radical (unpaired) electrons. The number of likely N-dealkylation sites (N-methyl/N-ethyl adjacent to an activating group) is 1. The zero-order valence-electron chi connectivity index (χ0n) is 18.3. The zero-order chi connectivity index (χ0) is 22.4.